The summed E-state index contributed by atoms with van der Waals surface area (Å²) in [4.78, 5) is 36.3. The number of carboxylic acids is 1. The number of aliphatic carboxylic acids is 1. The Morgan fingerprint density at radius 1 is 1.19 bits per heavy atom. The van der Waals surface area contributed by atoms with Gasteiger partial charge in [0.2, 0.25) is 0 Å². The fourth-order valence-electron chi connectivity index (χ4n) is 4.27. The van der Waals surface area contributed by atoms with E-state index in [-0.39, 0.29) is 25.2 Å². The second kappa shape index (κ2) is 12.0. The average Bonchev–Trinajstić information content (AvgIpc) is 3.20. The number of carboxylic acid groups (broad SMARTS) is 1. The normalized spacial score (nSPS) is 14.7. The molecule has 3 aromatic heterocycles. The topological polar surface area (TPSA) is 119 Å². The number of aryl methyl sites for hydroxylation is 3. The van der Waals surface area contributed by atoms with E-state index in [0.717, 1.165) is 36.7 Å². The molecule has 1 fully saturated rings. The van der Waals surface area contributed by atoms with Gasteiger partial charge in [0.05, 0.1) is 48.1 Å². The van der Waals surface area contributed by atoms with Crippen LogP contribution in [0.2, 0.25) is 0 Å². The standard InChI is InChI=1S/C23H29F2N7O.C2H4O2/c1-4-7-16-10-27-22(33)32(13-16)14-20-17(11-28-30(20)3)21-26-12-19(18(5-2)29-21)31-9-6-8-23(24,25)15-31;1-2(3)4/h10-13H,4-9,14-15H2,1-3H3;1H3,(H,3,4). The maximum absolute atomic E-state index is 14.0. The van der Waals surface area contributed by atoms with Gasteiger partial charge in [0, 0.05) is 39.3 Å². The molecule has 0 radical (unpaired) electrons. The summed E-state index contributed by atoms with van der Waals surface area (Å²) in [5.41, 5.74) is 3.50. The van der Waals surface area contributed by atoms with Crippen molar-refractivity contribution in [2.24, 2.45) is 7.05 Å². The highest BCUT2D eigenvalue weighted by Gasteiger charge is 2.36. The monoisotopic (exact) mass is 517 g/mol. The molecule has 1 saturated heterocycles. The quantitative estimate of drug-likeness (QED) is 0.507. The third kappa shape index (κ3) is 7.17. The molecule has 12 heteroatoms. The molecule has 0 aliphatic carbocycles. The van der Waals surface area contributed by atoms with Crippen LogP contribution in [0.15, 0.2) is 29.6 Å². The lowest BCUT2D eigenvalue weighted by Gasteiger charge is -2.34. The summed E-state index contributed by atoms with van der Waals surface area (Å²) in [5.74, 6) is -3.07. The van der Waals surface area contributed by atoms with E-state index in [2.05, 4.69) is 22.0 Å². The Morgan fingerprint density at radius 3 is 2.57 bits per heavy atom. The number of alkyl halides is 2. The molecule has 0 saturated carbocycles. The molecule has 0 bridgehead atoms. The van der Waals surface area contributed by atoms with E-state index in [0.29, 0.717) is 36.5 Å². The van der Waals surface area contributed by atoms with Gasteiger partial charge in [0.1, 0.15) is 0 Å². The number of nitrogens with zero attached hydrogens (tertiary/aromatic N) is 7. The van der Waals surface area contributed by atoms with Crippen LogP contribution in [0.3, 0.4) is 0 Å². The van der Waals surface area contributed by atoms with Gasteiger partial charge in [0.25, 0.3) is 11.9 Å². The Bertz CT molecular complexity index is 1290. The van der Waals surface area contributed by atoms with Crippen LogP contribution in [0.5, 0.6) is 0 Å². The first kappa shape index (κ1) is 27.9. The van der Waals surface area contributed by atoms with Crippen molar-refractivity contribution < 1.29 is 18.7 Å². The summed E-state index contributed by atoms with van der Waals surface area (Å²) in [6.07, 6.45) is 9.49. The number of anilines is 1. The highest BCUT2D eigenvalue weighted by atomic mass is 19.3. The van der Waals surface area contributed by atoms with Crippen molar-refractivity contribution in [1.82, 2.24) is 29.3 Å². The van der Waals surface area contributed by atoms with E-state index in [1.165, 1.54) is 0 Å². The summed E-state index contributed by atoms with van der Waals surface area (Å²) in [7, 11) is 1.80. The third-order valence-electron chi connectivity index (χ3n) is 5.98. The van der Waals surface area contributed by atoms with E-state index >= 15 is 0 Å². The van der Waals surface area contributed by atoms with Gasteiger partial charge >= 0.3 is 5.69 Å². The molecule has 3 aromatic rings. The molecule has 0 unspecified atom stereocenters. The Balaban J connectivity index is 0.000000886. The number of halogens is 2. The molecule has 0 spiro atoms. The van der Waals surface area contributed by atoms with Gasteiger partial charge in [-0.1, -0.05) is 20.3 Å². The SMILES string of the molecule is CC(=O)O.CCCc1cnc(=O)n(Cc2c(-c3ncc(N4CCCC(F)(F)C4)c(CC)n3)cnn2C)c1. The second-order valence-corrected chi connectivity index (χ2v) is 9.03. The molecule has 0 amide bonds. The van der Waals surface area contributed by atoms with E-state index in [4.69, 9.17) is 14.9 Å². The largest absolute Gasteiger partial charge is 0.481 e. The van der Waals surface area contributed by atoms with Gasteiger partial charge in [-0.2, -0.15) is 5.10 Å². The summed E-state index contributed by atoms with van der Waals surface area (Å²) in [6, 6.07) is 0. The first-order chi connectivity index (χ1) is 17.5. The summed E-state index contributed by atoms with van der Waals surface area (Å²) in [5, 5.41) is 11.8. The van der Waals surface area contributed by atoms with Gasteiger partial charge in [-0.05, 0) is 24.8 Å². The zero-order valence-corrected chi connectivity index (χ0v) is 21.6. The first-order valence-electron chi connectivity index (χ1n) is 12.3. The van der Waals surface area contributed by atoms with E-state index in [1.54, 1.807) is 39.8 Å². The number of carbonyl (C=O) groups is 1. The Hall–Kier alpha value is -3.70. The lowest BCUT2D eigenvalue weighted by atomic mass is 10.1. The maximum atomic E-state index is 14.0. The van der Waals surface area contributed by atoms with Crippen LogP contribution >= 0.6 is 0 Å². The van der Waals surface area contributed by atoms with Crippen molar-refractivity contribution in [1.29, 1.82) is 0 Å². The van der Waals surface area contributed by atoms with Gasteiger partial charge in [0.15, 0.2) is 5.82 Å². The molecule has 200 valence electrons. The number of aromatic nitrogens is 6. The van der Waals surface area contributed by atoms with Crippen LogP contribution in [0.1, 0.15) is 57.0 Å². The van der Waals surface area contributed by atoms with Crippen LogP contribution < -0.4 is 10.6 Å². The van der Waals surface area contributed by atoms with Crippen molar-refractivity contribution >= 4 is 11.7 Å². The molecule has 1 aliphatic heterocycles. The molecule has 0 atom stereocenters. The van der Waals surface area contributed by atoms with Crippen molar-refractivity contribution in [3.05, 3.63) is 52.2 Å². The number of hydrogen-bond donors (Lipinski definition) is 1. The Morgan fingerprint density at radius 2 is 1.92 bits per heavy atom. The molecular formula is C25H33F2N7O3. The highest BCUT2D eigenvalue weighted by molar-refractivity contribution is 5.63. The maximum Gasteiger partial charge on any atom is 0.347 e. The van der Waals surface area contributed by atoms with Crippen LogP contribution in [0.4, 0.5) is 14.5 Å². The number of hydrogen-bond acceptors (Lipinski definition) is 7. The van der Waals surface area contributed by atoms with Crippen LogP contribution in [0.25, 0.3) is 11.4 Å². The second-order valence-electron chi connectivity index (χ2n) is 9.03. The summed E-state index contributed by atoms with van der Waals surface area (Å²) < 4.78 is 31.2. The molecule has 4 heterocycles. The summed E-state index contributed by atoms with van der Waals surface area (Å²) >= 11 is 0. The minimum atomic E-state index is -2.70. The third-order valence-corrected chi connectivity index (χ3v) is 5.98. The molecular weight excluding hydrogens is 484 g/mol. The fraction of sp³-hybridized carbons (Fsp3) is 0.520. The molecule has 1 aliphatic rings. The molecule has 10 nitrogen and oxygen atoms in total. The molecule has 0 aromatic carbocycles. The molecule has 37 heavy (non-hydrogen) atoms. The van der Waals surface area contributed by atoms with Crippen molar-refractivity contribution in [2.45, 2.75) is 65.3 Å². The van der Waals surface area contributed by atoms with Gasteiger partial charge < -0.3 is 10.0 Å². The van der Waals surface area contributed by atoms with E-state index < -0.39 is 11.9 Å². The van der Waals surface area contributed by atoms with Crippen molar-refractivity contribution in [3.63, 3.8) is 0 Å². The van der Waals surface area contributed by atoms with Gasteiger partial charge in [-0.15, -0.1) is 0 Å². The Kier molecular flexibility index (Phi) is 9.06. The van der Waals surface area contributed by atoms with Gasteiger partial charge in [-0.3, -0.25) is 14.0 Å². The van der Waals surface area contributed by atoms with Crippen LogP contribution in [-0.4, -0.2) is 59.4 Å². The highest BCUT2D eigenvalue weighted by Crippen LogP contribution is 2.32. The van der Waals surface area contributed by atoms with Crippen LogP contribution in [0, 0.1) is 0 Å². The fourth-order valence-corrected chi connectivity index (χ4v) is 4.27. The van der Waals surface area contributed by atoms with E-state index in [1.807, 2.05) is 13.1 Å². The molecule has 1 N–H and O–H groups in total. The number of piperidine rings is 1. The van der Waals surface area contributed by atoms with Crippen molar-refractivity contribution in [2.75, 3.05) is 18.0 Å². The lowest BCUT2D eigenvalue weighted by Crippen LogP contribution is -2.43. The zero-order chi connectivity index (χ0) is 27.2. The Labute approximate surface area is 214 Å². The van der Waals surface area contributed by atoms with Gasteiger partial charge in [-0.25, -0.2) is 28.5 Å². The number of rotatable bonds is 7. The van der Waals surface area contributed by atoms with E-state index in [9.17, 15) is 13.6 Å². The first-order valence-corrected chi connectivity index (χ1v) is 12.3. The average molecular weight is 518 g/mol. The van der Waals surface area contributed by atoms with Crippen molar-refractivity contribution in [3.8, 4) is 11.4 Å². The minimum absolute atomic E-state index is 0.0867. The van der Waals surface area contributed by atoms with Crippen LogP contribution in [-0.2, 0) is 31.2 Å². The molecule has 4 rings (SSSR count). The minimum Gasteiger partial charge on any atom is -0.481 e. The predicted octanol–water partition coefficient (Wildman–Crippen LogP) is 3.32. The predicted molar refractivity (Wildman–Crippen MR) is 135 cm³/mol. The smallest absolute Gasteiger partial charge is 0.347 e. The zero-order valence-electron chi connectivity index (χ0n) is 21.6. The summed E-state index contributed by atoms with van der Waals surface area (Å²) in [6.45, 7) is 5.64. The lowest BCUT2D eigenvalue weighted by molar-refractivity contribution is -0.134.